The first-order chi connectivity index (χ1) is 10.3. The Hall–Kier alpha value is -1.84. The third kappa shape index (κ3) is 2.67. The first-order valence-electron chi connectivity index (χ1n) is 7.30. The average Bonchev–Trinajstić information content (AvgIpc) is 3.21. The minimum Gasteiger partial charge on any atom is -0.490 e. The van der Waals surface area contributed by atoms with Crippen LogP contribution in [0, 0.1) is 0 Å². The van der Waals surface area contributed by atoms with Gasteiger partial charge in [-0.2, -0.15) is 0 Å². The van der Waals surface area contributed by atoms with E-state index in [1.165, 1.54) is 27.8 Å². The van der Waals surface area contributed by atoms with Crippen LogP contribution in [0.1, 0.15) is 29.3 Å². The lowest BCUT2D eigenvalue weighted by Crippen LogP contribution is -2.10. The van der Waals surface area contributed by atoms with Crippen LogP contribution in [0.4, 0.5) is 0 Å². The predicted molar refractivity (Wildman–Crippen MR) is 87.9 cm³/mol. The van der Waals surface area contributed by atoms with Gasteiger partial charge in [0.2, 0.25) is 0 Å². The molecule has 1 unspecified atom stereocenters. The molecule has 21 heavy (non-hydrogen) atoms. The van der Waals surface area contributed by atoms with Gasteiger partial charge >= 0.3 is 0 Å². The van der Waals surface area contributed by atoms with Crippen molar-refractivity contribution in [2.75, 3.05) is 0 Å². The van der Waals surface area contributed by atoms with Crippen LogP contribution in [0.25, 0.3) is 10.1 Å². The van der Waals surface area contributed by atoms with Gasteiger partial charge in [0.15, 0.2) is 0 Å². The van der Waals surface area contributed by atoms with Crippen molar-refractivity contribution in [1.82, 2.24) is 0 Å². The second-order valence-corrected chi connectivity index (χ2v) is 6.67. The molecule has 0 aliphatic heterocycles. The van der Waals surface area contributed by atoms with Gasteiger partial charge in [-0.1, -0.05) is 30.3 Å². The molecule has 1 fully saturated rings. The van der Waals surface area contributed by atoms with Crippen LogP contribution < -0.4 is 10.5 Å². The normalized spacial score (nSPS) is 16.0. The summed E-state index contributed by atoms with van der Waals surface area (Å²) < 4.78 is 7.14. The van der Waals surface area contributed by atoms with Gasteiger partial charge in [0.05, 0.1) is 12.1 Å². The van der Waals surface area contributed by atoms with Crippen LogP contribution >= 0.6 is 11.3 Å². The van der Waals surface area contributed by atoms with Crippen molar-refractivity contribution >= 4 is 21.4 Å². The van der Waals surface area contributed by atoms with E-state index in [4.69, 9.17) is 10.5 Å². The van der Waals surface area contributed by atoms with Crippen molar-refractivity contribution in [3.05, 3.63) is 65.0 Å². The molecule has 1 aliphatic rings. The van der Waals surface area contributed by atoms with E-state index in [2.05, 4.69) is 42.5 Å². The Morgan fingerprint density at radius 1 is 1.05 bits per heavy atom. The molecule has 0 amide bonds. The summed E-state index contributed by atoms with van der Waals surface area (Å²) in [6.45, 7) is 0. The zero-order valence-electron chi connectivity index (χ0n) is 11.7. The summed E-state index contributed by atoms with van der Waals surface area (Å²) in [6.07, 6.45) is 2.76. The third-order valence-corrected chi connectivity index (χ3v) is 4.99. The maximum absolute atomic E-state index is 6.45. The van der Waals surface area contributed by atoms with Gasteiger partial charge in [0, 0.05) is 9.58 Å². The SMILES string of the molecule is NC(c1cccc(OC2CC2)c1)c1cc2ccccc2s1. The van der Waals surface area contributed by atoms with Gasteiger partial charge in [-0.25, -0.2) is 0 Å². The van der Waals surface area contributed by atoms with Crippen molar-refractivity contribution in [2.45, 2.75) is 25.0 Å². The fourth-order valence-electron chi connectivity index (χ4n) is 2.48. The minimum absolute atomic E-state index is 0.0925. The number of benzene rings is 2. The summed E-state index contributed by atoms with van der Waals surface area (Å²) in [5.74, 6) is 0.937. The Morgan fingerprint density at radius 2 is 1.90 bits per heavy atom. The van der Waals surface area contributed by atoms with Crippen molar-refractivity contribution in [3.8, 4) is 5.75 Å². The van der Waals surface area contributed by atoms with E-state index >= 15 is 0 Å². The summed E-state index contributed by atoms with van der Waals surface area (Å²) in [7, 11) is 0. The number of hydrogen-bond acceptors (Lipinski definition) is 3. The highest BCUT2D eigenvalue weighted by Crippen LogP contribution is 2.33. The van der Waals surface area contributed by atoms with Crippen LogP contribution in [0.3, 0.4) is 0 Å². The highest BCUT2D eigenvalue weighted by molar-refractivity contribution is 7.19. The summed E-state index contributed by atoms with van der Waals surface area (Å²) in [5, 5.41) is 1.26. The number of fused-ring (bicyclic) bond motifs is 1. The minimum atomic E-state index is -0.0925. The van der Waals surface area contributed by atoms with Crippen LogP contribution in [0.15, 0.2) is 54.6 Å². The van der Waals surface area contributed by atoms with Gasteiger partial charge in [-0.05, 0) is 48.1 Å². The quantitative estimate of drug-likeness (QED) is 0.769. The molecule has 2 N–H and O–H groups in total. The van der Waals surface area contributed by atoms with Crippen LogP contribution in [0.2, 0.25) is 0 Å². The standard InChI is InChI=1S/C18H17NOS/c19-18(17-11-12-4-1-2-7-16(12)21-17)13-5-3-6-15(10-13)20-14-8-9-14/h1-7,10-11,14,18H,8-9,19H2. The van der Waals surface area contributed by atoms with E-state index in [-0.39, 0.29) is 6.04 Å². The van der Waals surface area contributed by atoms with Crippen LogP contribution in [-0.4, -0.2) is 6.10 Å². The number of ether oxygens (including phenoxy) is 1. The van der Waals surface area contributed by atoms with E-state index in [9.17, 15) is 0 Å². The zero-order chi connectivity index (χ0) is 14.2. The lowest BCUT2D eigenvalue weighted by atomic mass is 10.1. The van der Waals surface area contributed by atoms with Gasteiger partial charge in [-0.15, -0.1) is 11.3 Å². The number of hydrogen-bond donors (Lipinski definition) is 1. The molecule has 1 aliphatic carbocycles. The Balaban J connectivity index is 1.64. The highest BCUT2D eigenvalue weighted by atomic mass is 32.1. The van der Waals surface area contributed by atoms with Gasteiger partial charge in [0.1, 0.15) is 5.75 Å². The molecular formula is C18H17NOS. The summed E-state index contributed by atoms with van der Waals surface area (Å²) in [5.41, 5.74) is 7.56. The lowest BCUT2D eigenvalue weighted by Gasteiger charge is -2.12. The molecule has 0 spiro atoms. The smallest absolute Gasteiger partial charge is 0.120 e. The highest BCUT2D eigenvalue weighted by Gasteiger charge is 2.23. The van der Waals surface area contributed by atoms with E-state index in [0.29, 0.717) is 6.10 Å². The molecule has 2 aromatic carbocycles. The maximum atomic E-state index is 6.45. The first kappa shape index (κ1) is 12.9. The van der Waals surface area contributed by atoms with Gasteiger partial charge in [-0.3, -0.25) is 0 Å². The molecule has 3 heteroatoms. The van der Waals surface area contributed by atoms with Gasteiger partial charge < -0.3 is 10.5 Å². The van der Waals surface area contributed by atoms with Crippen molar-refractivity contribution in [2.24, 2.45) is 5.73 Å². The molecule has 1 heterocycles. The molecule has 1 aromatic heterocycles. The van der Waals surface area contributed by atoms with Crippen LogP contribution in [0.5, 0.6) is 5.75 Å². The summed E-state index contributed by atoms with van der Waals surface area (Å²) >= 11 is 1.77. The second-order valence-electron chi connectivity index (χ2n) is 5.55. The fraction of sp³-hybridized carbons (Fsp3) is 0.222. The lowest BCUT2D eigenvalue weighted by molar-refractivity contribution is 0.303. The van der Waals surface area contributed by atoms with Gasteiger partial charge in [0.25, 0.3) is 0 Å². The molecular weight excluding hydrogens is 278 g/mol. The molecule has 0 radical (unpaired) electrons. The molecule has 1 saturated carbocycles. The summed E-state index contributed by atoms with van der Waals surface area (Å²) in [4.78, 5) is 1.19. The molecule has 106 valence electrons. The topological polar surface area (TPSA) is 35.2 Å². The Bertz CT molecular complexity index is 742. The van der Waals surface area contributed by atoms with Crippen LogP contribution in [-0.2, 0) is 0 Å². The first-order valence-corrected chi connectivity index (χ1v) is 8.12. The Labute approximate surface area is 128 Å². The summed E-state index contributed by atoms with van der Waals surface area (Å²) in [6, 6.07) is 18.7. The molecule has 2 nitrogen and oxygen atoms in total. The molecule has 1 atom stereocenters. The maximum Gasteiger partial charge on any atom is 0.120 e. The number of rotatable bonds is 4. The predicted octanol–water partition coefficient (Wildman–Crippen LogP) is 4.49. The average molecular weight is 295 g/mol. The van der Waals surface area contributed by atoms with E-state index in [0.717, 1.165) is 11.3 Å². The van der Waals surface area contributed by atoms with Crippen molar-refractivity contribution in [1.29, 1.82) is 0 Å². The molecule has 4 rings (SSSR count). The third-order valence-electron chi connectivity index (χ3n) is 3.80. The number of nitrogens with two attached hydrogens (primary N) is 1. The zero-order valence-corrected chi connectivity index (χ0v) is 12.5. The monoisotopic (exact) mass is 295 g/mol. The Kier molecular flexibility index (Phi) is 3.17. The van der Waals surface area contributed by atoms with E-state index in [1.807, 2.05) is 12.1 Å². The molecule has 3 aromatic rings. The fourth-order valence-corrected chi connectivity index (χ4v) is 3.57. The van der Waals surface area contributed by atoms with E-state index < -0.39 is 0 Å². The molecule has 0 saturated heterocycles. The van der Waals surface area contributed by atoms with Crippen molar-refractivity contribution in [3.63, 3.8) is 0 Å². The van der Waals surface area contributed by atoms with Crippen molar-refractivity contribution < 1.29 is 4.74 Å². The second kappa shape index (κ2) is 5.17. The number of thiophene rings is 1. The van der Waals surface area contributed by atoms with E-state index in [1.54, 1.807) is 11.3 Å². The Morgan fingerprint density at radius 3 is 2.71 bits per heavy atom. The largest absolute Gasteiger partial charge is 0.490 e. The molecule has 0 bridgehead atoms.